The molecular weight excluding hydrogens is 575 g/mol. The number of hydrogen-bond donors (Lipinski definition) is 1. The molecule has 0 heterocycles. The zero-order chi connectivity index (χ0) is 25.4. The fourth-order valence-electron chi connectivity index (χ4n) is 0.517. The molecule has 13 heteroatoms. The van der Waals surface area contributed by atoms with E-state index in [2.05, 4.69) is 73.2 Å². The fraction of sp³-hybridized carbons (Fsp3) is 0.778. The van der Waals surface area contributed by atoms with Crippen LogP contribution in [0.4, 0.5) is 0 Å². The van der Waals surface area contributed by atoms with Crippen LogP contribution in [0.25, 0.3) is 0 Å². The molecule has 1 N–H and O–H groups in total. The Morgan fingerprint density at radius 2 is 1.26 bits per heavy atom. The summed E-state index contributed by atoms with van der Waals surface area (Å²) in [5.41, 5.74) is 0. The van der Waals surface area contributed by atoms with Gasteiger partial charge in [-0.25, -0.2) is 0 Å². The second-order valence-corrected chi connectivity index (χ2v) is 8.98. The summed E-state index contributed by atoms with van der Waals surface area (Å²) in [5.74, 6) is 0. The van der Waals surface area contributed by atoms with Crippen LogP contribution in [0, 0.1) is 0 Å². The van der Waals surface area contributed by atoms with E-state index in [4.69, 9.17) is 41.2 Å². The van der Waals surface area contributed by atoms with Gasteiger partial charge in [-0.15, -0.1) is 0 Å². The average Bonchev–Trinajstić information content (AvgIpc) is 2.64. The Kier molecular flexibility index (Phi) is 84.1. The first-order valence-electron chi connectivity index (χ1n) is 8.90. The zero-order valence-electron chi connectivity index (χ0n) is 19.6. The molecule has 31 heavy (non-hydrogen) atoms. The average molecular weight is 610 g/mol. The standard InChI is InChI=1S/C7H14OS2.C4H9Br.C3H6OS2.C2H6O.2CO2.K/c1-4-6(3)10-7(9)8-5-2;1-3-4(2)5;1-2-4-3(5)6;1-2-3;2*2-1-3;/h6H,4-5H2,1-3H3;4H,3H2,1-2H3;2H2,1H3,(H,5,6);3H,2H2,1H3;;;/q;;;;;;+1/p-1. The maximum Gasteiger partial charge on any atom is 1.00 e. The molecule has 7 nitrogen and oxygen atoms in total. The molecule has 0 aliphatic rings. The predicted molar refractivity (Wildman–Crippen MR) is 135 cm³/mol. The van der Waals surface area contributed by atoms with Crippen LogP contribution in [0.3, 0.4) is 0 Å². The molecule has 0 rings (SSSR count). The molecule has 0 radical (unpaired) electrons. The summed E-state index contributed by atoms with van der Waals surface area (Å²) < 4.78 is 10.6. The van der Waals surface area contributed by atoms with Gasteiger partial charge in [0.15, 0.2) is 0 Å². The van der Waals surface area contributed by atoms with E-state index in [0.717, 1.165) is 6.42 Å². The summed E-state index contributed by atoms with van der Waals surface area (Å²) in [5, 5.41) is 8.15. The number of hydrogen-bond acceptors (Lipinski definition) is 11. The van der Waals surface area contributed by atoms with Crippen LogP contribution >= 0.6 is 52.1 Å². The number of halogens is 1. The van der Waals surface area contributed by atoms with Gasteiger partial charge in [-0.3, -0.25) is 0 Å². The van der Waals surface area contributed by atoms with Gasteiger partial charge in [0.1, 0.15) is 0 Å². The summed E-state index contributed by atoms with van der Waals surface area (Å²) in [6.07, 6.45) is 2.86. The normalized spacial score (nSPS) is 9.06. The largest absolute Gasteiger partial charge is 1.00 e. The number of thioether (sulfide) groups is 1. The summed E-state index contributed by atoms with van der Waals surface area (Å²) in [6, 6.07) is 0. The van der Waals surface area contributed by atoms with E-state index in [0.29, 0.717) is 27.7 Å². The third-order valence-corrected chi connectivity index (χ3v) is 4.29. The maximum atomic E-state index is 8.12. The molecule has 0 spiro atoms. The summed E-state index contributed by atoms with van der Waals surface area (Å²) in [7, 11) is 0. The van der Waals surface area contributed by atoms with Gasteiger partial charge >= 0.3 is 63.7 Å². The number of thiocarbonyl (C=S) groups is 2. The van der Waals surface area contributed by atoms with Crippen molar-refractivity contribution in [1.29, 1.82) is 0 Å². The summed E-state index contributed by atoms with van der Waals surface area (Å²) >= 11 is 18.7. The topological polar surface area (TPSA) is 107 Å². The minimum absolute atomic E-state index is 0. The van der Waals surface area contributed by atoms with Gasteiger partial charge in [0.2, 0.25) is 4.38 Å². The van der Waals surface area contributed by atoms with Crippen LogP contribution in [0.2, 0.25) is 0 Å². The SMILES string of the molecule is CCC(C)Br.CCO.CCOC(=S)SC(C)CC.CCOC(=S)[S-].O=C=O.O=C=O.[K+]. The second-order valence-electron chi connectivity index (χ2n) is 4.37. The molecule has 0 fully saturated rings. The van der Waals surface area contributed by atoms with Gasteiger partial charge in [0.05, 0.1) is 13.2 Å². The molecule has 0 aromatic rings. The van der Waals surface area contributed by atoms with Crippen LogP contribution in [0.1, 0.15) is 61.3 Å². The fourth-order valence-corrected chi connectivity index (χ4v) is 2.04. The predicted octanol–water partition coefficient (Wildman–Crippen LogP) is 1.71. The molecule has 0 saturated heterocycles. The molecule has 0 saturated carbocycles. The smallest absolute Gasteiger partial charge is 0.514 e. The van der Waals surface area contributed by atoms with Crippen LogP contribution < -0.4 is 51.4 Å². The Morgan fingerprint density at radius 1 is 0.968 bits per heavy atom. The van der Waals surface area contributed by atoms with Crippen molar-refractivity contribution in [3.8, 4) is 0 Å². The number of rotatable bonds is 5. The van der Waals surface area contributed by atoms with Crippen LogP contribution in [0.5, 0.6) is 0 Å². The van der Waals surface area contributed by atoms with E-state index in [9.17, 15) is 0 Å². The van der Waals surface area contributed by atoms with Gasteiger partial charge < -0.3 is 39.4 Å². The first-order valence-corrected chi connectivity index (χ1v) is 11.9. The molecule has 2 atom stereocenters. The van der Waals surface area contributed by atoms with Crippen molar-refractivity contribution in [1.82, 2.24) is 0 Å². The third-order valence-electron chi connectivity index (χ3n) is 1.96. The number of aliphatic hydroxyl groups is 1. The second kappa shape index (κ2) is 52.9. The molecule has 0 amide bonds. The Labute approximate surface area is 258 Å². The molecule has 0 bridgehead atoms. The van der Waals surface area contributed by atoms with E-state index < -0.39 is 0 Å². The van der Waals surface area contributed by atoms with Crippen LogP contribution in [-0.2, 0) is 41.3 Å². The molecule has 0 aromatic carbocycles. The number of aliphatic hydroxyl groups excluding tert-OH is 1. The van der Waals surface area contributed by atoms with Crippen molar-refractivity contribution in [2.24, 2.45) is 0 Å². The van der Waals surface area contributed by atoms with E-state index in [-0.39, 0.29) is 74.7 Å². The van der Waals surface area contributed by atoms with Gasteiger partial charge in [0.25, 0.3) is 0 Å². The molecular formula is C18H34BrKO7S4. The minimum Gasteiger partial charge on any atom is -0.514 e. The van der Waals surface area contributed by atoms with Crippen molar-refractivity contribution in [3.63, 3.8) is 0 Å². The first kappa shape index (κ1) is 49.3. The van der Waals surface area contributed by atoms with Gasteiger partial charge in [-0.1, -0.05) is 55.4 Å². The van der Waals surface area contributed by atoms with Crippen LogP contribution in [0.15, 0.2) is 0 Å². The molecule has 2 unspecified atom stereocenters. The van der Waals surface area contributed by atoms with E-state index in [1.165, 1.54) is 6.42 Å². The van der Waals surface area contributed by atoms with E-state index in [1.54, 1.807) is 18.7 Å². The Hall–Kier alpha value is 1.19. The quantitative estimate of drug-likeness (QED) is 0.213. The molecule has 0 aliphatic heterocycles. The van der Waals surface area contributed by atoms with Crippen molar-refractivity contribution < 1.29 is 85.1 Å². The third kappa shape index (κ3) is 115. The van der Waals surface area contributed by atoms with Crippen molar-refractivity contribution in [3.05, 3.63) is 0 Å². The minimum atomic E-state index is 0. The van der Waals surface area contributed by atoms with Gasteiger partial charge in [-0.2, -0.15) is 19.2 Å². The summed E-state index contributed by atoms with van der Waals surface area (Å²) in [6.45, 7) is 15.6. The Bertz CT molecular complexity index is 408. The van der Waals surface area contributed by atoms with Gasteiger partial charge in [0, 0.05) is 21.1 Å². The number of ether oxygens (including phenoxy) is 2. The van der Waals surface area contributed by atoms with Crippen molar-refractivity contribution in [2.75, 3.05) is 19.8 Å². The maximum absolute atomic E-state index is 8.12. The van der Waals surface area contributed by atoms with Crippen LogP contribution in [-0.4, -0.2) is 56.1 Å². The molecule has 0 aliphatic carbocycles. The zero-order valence-corrected chi connectivity index (χ0v) is 27.6. The summed E-state index contributed by atoms with van der Waals surface area (Å²) in [4.78, 5) is 33.2. The number of carbonyl (C=O) groups excluding carboxylic acids is 4. The van der Waals surface area contributed by atoms with Gasteiger partial charge in [-0.05, 0) is 45.8 Å². The van der Waals surface area contributed by atoms with Crippen molar-refractivity contribution in [2.45, 2.75) is 71.4 Å². The molecule has 0 aromatic heterocycles. The van der Waals surface area contributed by atoms with E-state index >= 15 is 0 Å². The first-order chi connectivity index (χ1) is 14.0. The Balaban J connectivity index is -0.0000000478. The monoisotopic (exact) mass is 608 g/mol. The number of alkyl halides is 1. The van der Waals surface area contributed by atoms with E-state index in [1.807, 2.05) is 13.8 Å². The Morgan fingerprint density at radius 3 is 1.39 bits per heavy atom. The molecule has 180 valence electrons. The van der Waals surface area contributed by atoms with Crippen molar-refractivity contribution >= 4 is 85.8 Å².